The van der Waals surface area contributed by atoms with E-state index in [4.69, 9.17) is 5.26 Å². The third-order valence-corrected chi connectivity index (χ3v) is 4.23. The van der Waals surface area contributed by atoms with Crippen molar-refractivity contribution in [2.75, 3.05) is 13.1 Å². The van der Waals surface area contributed by atoms with Crippen LogP contribution in [0.15, 0.2) is 18.6 Å². The summed E-state index contributed by atoms with van der Waals surface area (Å²) in [5.41, 5.74) is 0.551. The Balaban J connectivity index is 1.55. The molecule has 102 valence electrons. The molecule has 0 unspecified atom stereocenters. The molecule has 0 atom stereocenters. The average molecular weight is 287 g/mol. The number of nitrogens with zero attached hydrogens (tertiary/aromatic N) is 5. The quantitative estimate of drug-likeness (QED) is 0.848. The lowest BCUT2D eigenvalue weighted by atomic mass is 10.1. The van der Waals surface area contributed by atoms with Crippen LogP contribution in [0.25, 0.3) is 0 Å². The van der Waals surface area contributed by atoms with Crippen molar-refractivity contribution < 1.29 is 4.79 Å². The van der Waals surface area contributed by atoms with E-state index < -0.39 is 0 Å². The fourth-order valence-electron chi connectivity index (χ4n) is 2.17. The highest BCUT2D eigenvalue weighted by molar-refractivity contribution is 7.11. The molecule has 0 radical (unpaired) electrons. The van der Waals surface area contributed by atoms with Gasteiger partial charge < -0.3 is 4.90 Å². The SMILES string of the molecule is Cc1ncc(CC(=O)N2CC(n3cc(C#N)cn3)C2)s1. The first-order valence-electron chi connectivity index (χ1n) is 6.29. The van der Waals surface area contributed by atoms with Crippen LogP contribution in [-0.2, 0) is 11.2 Å². The molecular formula is C13H13N5OS. The molecule has 20 heavy (non-hydrogen) atoms. The second-order valence-corrected chi connectivity index (χ2v) is 6.12. The van der Waals surface area contributed by atoms with Crippen molar-refractivity contribution in [3.8, 4) is 6.07 Å². The van der Waals surface area contributed by atoms with E-state index >= 15 is 0 Å². The van der Waals surface area contributed by atoms with Crippen LogP contribution in [0.5, 0.6) is 0 Å². The van der Waals surface area contributed by atoms with Crippen LogP contribution < -0.4 is 0 Å². The lowest BCUT2D eigenvalue weighted by molar-refractivity contribution is -0.136. The molecule has 0 N–H and O–H groups in total. The molecule has 1 aliphatic heterocycles. The molecule has 1 aliphatic rings. The summed E-state index contributed by atoms with van der Waals surface area (Å²) in [4.78, 5) is 19.0. The average Bonchev–Trinajstić information content (AvgIpc) is 2.97. The molecule has 3 heterocycles. The van der Waals surface area contributed by atoms with Gasteiger partial charge in [0, 0.05) is 30.4 Å². The Hall–Kier alpha value is -2.20. The summed E-state index contributed by atoms with van der Waals surface area (Å²) in [6.07, 6.45) is 5.45. The Morgan fingerprint density at radius 3 is 2.95 bits per heavy atom. The first-order valence-corrected chi connectivity index (χ1v) is 7.10. The van der Waals surface area contributed by atoms with E-state index in [2.05, 4.69) is 10.1 Å². The number of amides is 1. The molecule has 0 bridgehead atoms. The number of thiazole rings is 1. The minimum atomic E-state index is 0.123. The van der Waals surface area contributed by atoms with E-state index in [9.17, 15) is 4.79 Å². The summed E-state index contributed by atoms with van der Waals surface area (Å²) in [5, 5.41) is 13.9. The van der Waals surface area contributed by atoms with Gasteiger partial charge in [-0.3, -0.25) is 9.48 Å². The number of nitriles is 1. The molecule has 0 aliphatic carbocycles. The van der Waals surface area contributed by atoms with Crippen LogP contribution >= 0.6 is 11.3 Å². The van der Waals surface area contributed by atoms with Gasteiger partial charge in [0.25, 0.3) is 0 Å². The van der Waals surface area contributed by atoms with E-state index in [1.165, 1.54) is 0 Å². The smallest absolute Gasteiger partial charge is 0.228 e. The lowest BCUT2D eigenvalue weighted by Crippen LogP contribution is -2.51. The molecule has 7 heteroatoms. The highest BCUT2D eigenvalue weighted by Crippen LogP contribution is 2.22. The maximum absolute atomic E-state index is 12.1. The molecule has 0 saturated carbocycles. The third-order valence-electron chi connectivity index (χ3n) is 3.31. The van der Waals surface area contributed by atoms with Gasteiger partial charge >= 0.3 is 0 Å². The maximum atomic E-state index is 12.1. The fraction of sp³-hybridized carbons (Fsp3) is 0.385. The summed E-state index contributed by atoms with van der Waals surface area (Å²) in [7, 11) is 0. The standard InChI is InChI=1S/C13H13N5OS/c1-9-15-5-12(20-9)2-13(19)17-7-11(8-17)18-6-10(3-14)4-16-18/h4-6,11H,2,7-8H2,1H3. The zero-order valence-corrected chi connectivity index (χ0v) is 11.8. The number of rotatable bonds is 3. The van der Waals surface area contributed by atoms with Gasteiger partial charge in [-0.15, -0.1) is 11.3 Å². The monoisotopic (exact) mass is 287 g/mol. The number of hydrogen-bond donors (Lipinski definition) is 0. The van der Waals surface area contributed by atoms with Crippen molar-refractivity contribution in [2.24, 2.45) is 0 Å². The molecule has 2 aromatic rings. The van der Waals surface area contributed by atoms with Gasteiger partial charge in [0.2, 0.25) is 5.91 Å². The van der Waals surface area contributed by atoms with Crippen molar-refractivity contribution in [2.45, 2.75) is 19.4 Å². The third kappa shape index (κ3) is 2.42. The van der Waals surface area contributed by atoms with Crippen LogP contribution in [0.3, 0.4) is 0 Å². The Morgan fingerprint density at radius 1 is 1.55 bits per heavy atom. The first-order chi connectivity index (χ1) is 9.65. The Morgan fingerprint density at radius 2 is 2.35 bits per heavy atom. The first kappa shape index (κ1) is 12.8. The van der Waals surface area contributed by atoms with Crippen LogP contribution in [0.2, 0.25) is 0 Å². The number of aromatic nitrogens is 3. The number of hydrogen-bond acceptors (Lipinski definition) is 5. The van der Waals surface area contributed by atoms with Gasteiger partial charge in [-0.2, -0.15) is 10.4 Å². The van der Waals surface area contributed by atoms with Crippen molar-refractivity contribution in [1.29, 1.82) is 5.26 Å². The zero-order chi connectivity index (χ0) is 14.1. The Bertz CT molecular complexity index is 677. The van der Waals surface area contributed by atoms with Gasteiger partial charge in [0.15, 0.2) is 0 Å². The summed E-state index contributed by atoms with van der Waals surface area (Å²) >= 11 is 1.56. The number of aryl methyl sites for hydroxylation is 1. The summed E-state index contributed by atoms with van der Waals surface area (Å²) in [6, 6.07) is 2.23. The minimum absolute atomic E-state index is 0.123. The molecule has 2 aromatic heterocycles. The molecular weight excluding hydrogens is 274 g/mol. The van der Waals surface area contributed by atoms with E-state index in [-0.39, 0.29) is 11.9 Å². The molecule has 1 saturated heterocycles. The van der Waals surface area contributed by atoms with Crippen molar-refractivity contribution >= 4 is 17.2 Å². The van der Waals surface area contributed by atoms with E-state index in [1.54, 1.807) is 34.6 Å². The summed E-state index contributed by atoms with van der Waals surface area (Å²) in [6.45, 7) is 3.25. The lowest BCUT2D eigenvalue weighted by Gasteiger charge is -2.39. The number of likely N-dealkylation sites (tertiary alicyclic amines) is 1. The topological polar surface area (TPSA) is 74.8 Å². The molecule has 0 spiro atoms. The van der Waals surface area contributed by atoms with E-state index in [0.29, 0.717) is 25.1 Å². The normalized spacial score (nSPS) is 14.9. The van der Waals surface area contributed by atoms with E-state index in [1.807, 2.05) is 17.9 Å². The number of carbonyl (C=O) groups is 1. The molecule has 1 amide bonds. The number of carbonyl (C=O) groups excluding carboxylic acids is 1. The summed E-state index contributed by atoms with van der Waals surface area (Å²) in [5.74, 6) is 0.123. The van der Waals surface area contributed by atoms with Crippen LogP contribution in [-0.4, -0.2) is 38.7 Å². The summed E-state index contributed by atoms with van der Waals surface area (Å²) < 4.78 is 1.76. The molecule has 0 aromatic carbocycles. The van der Waals surface area contributed by atoms with Crippen molar-refractivity contribution in [3.05, 3.63) is 34.0 Å². The Kier molecular flexibility index (Phi) is 3.24. The van der Waals surface area contributed by atoms with Gasteiger partial charge in [0.05, 0.1) is 29.2 Å². The predicted molar refractivity (Wildman–Crippen MR) is 73.1 cm³/mol. The largest absolute Gasteiger partial charge is 0.338 e. The van der Waals surface area contributed by atoms with Gasteiger partial charge in [-0.05, 0) is 6.92 Å². The second kappa shape index (κ2) is 5.06. The van der Waals surface area contributed by atoms with Gasteiger partial charge in [-0.1, -0.05) is 0 Å². The van der Waals surface area contributed by atoms with Crippen LogP contribution in [0, 0.1) is 18.3 Å². The molecule has 6 nitrogen and oxygen atoms in total. The fourth-order valence-corrected chi connectivity index (χ4v) is 2.96. The second-order valence-electron chi connectivity index (χ2n) is 4.80. The zero-order valence-electron chi connectivity index (χ0n) is 11.0. The Labute approximate surface area is 120 Å². The van der Waals surface area contributed by atoms with Crippen molar-refractivity contribution in [3.63, 3.8) is 0 Å². The predicted octanol–water partition coefficient (Wildman–Crippen LogP) is 1.15. The maximum Gasteiger partial charge on any atom is 0.228 e. The van der Waals surface area contributed by atoms with Crippen LogP contribution in [0.4, 0.5) is 0 Å². The highest BCUT2D eigenvalue weighted by Gasteiger charge is 2.32. The van der Waals surface area contributed by atoms with Crippen molar-refractivity contribution in [1.82, 2.24) is 19.7 Å². The molecule has 3 rings (SSSR count). The molecule has 1 fully saturated rings. The van der Waals surface area contributed by atoms with Gasteiger partial charge in [-0.25, -0.2) is 4.98 Å². The van der Waals surface area contributed by atoms with Crippen LogP contribution in [0.1, 0.15) is 21.5 Å². The van der Waals surface area contributed by atoms with E-state index in [0.717, 1.165) is 9.88 Å². The minimum Gasteiger partial charge on any atom is -0.338 e. The van der Waals surface area contributed by atoms with Gasteiger partial charge in [0.1, 0.15) is 6.07 Å². The highest BCUT2D eigenvalue weighted by atomic mass is 32.1.